The molecule has 9 heteroatoms. The van der Waals surface area contributed by atoms with Crippen LogP contribution in [0.3, 0.4) is 0 Å². The SMILES string of the molecule is CCNC(=NCCCN1C(=O)C2C3C=CC(C3)C2C1=O)NCCOc1ccc(F)c(F)c1. The Balaban J connectivity index is 1.20. The van der Waals surface area contributed by atoms with Crippen molar-refractivity contribution in [1.82, 2.24) is 15.5 Å². The van der Waals surface area contributed by atoms with Crippen molar-refractivity contribution in [1.29, 1.82) is 0 Å². The van der Waals surface area contributed by atoms with E-state index >= 15 is 0 Å². The largest absolute Gasteiger partial charge is 0.492 e. The summed E-state index contributed by atoms with van der Waals surface area (Å²) in [4.78, 5) is 31.3. The molecule has 1 heterocycles. The lowest BCUT2D eigenvalue weighted by Gasteiger charge is -2.17. The number of ether oxygens (including phenoxy) is 1. The fourth-order valence-corrected chi connectivity index (χ4v) is 4.85. The summed E-state index contributed by atoms with van der Waals surface area (Å²) < 4.78 is 31.6. The Morgan fingerprint density at radius 1 is 1.12 bits per heavy atom. The first-order valence-corrected chi connectivity index (χ1v) is 11.1. The molecule has 2 aliphatic carbocycles. The van der Waals surface area contributed by atoms with Crippen molar-refractivity contribution in [2.75, 3.05) is 32.8 Å². The number of hydrogen-bond acceptors (Lipinski definition) is 4. The van der Waals surface area contributed by atoms with E-state index in [1.54, 1.807) is 0 Å². The van der Waals surface area contributed by atoms with E-state index in [9.17, 15) is 18.4 Å². The van der Waals surface area contributed by atoms with Gasteiger partial charge in [0.05, 0.1) is 18.4 Å². The minimum absolute atomic E-state index is 0.0276. The molecule has 3 aliphatic rings. The van der Waals surface area contributed by atoms with Crippen LogP contribution in [-0.4, -0.2) is 55.5 Å². The van der Waals surface area contributed by atoms with E-state index in [4.69, 9.17) is 4.74 Å². The molecular weight excluding hydrogens is 418 g/mol. The van der Waals surface area contributed by atoms with Gasteiger partial charge < -0.3 is 15.4 Å². The molecule has 1 saturated carbocycles. The molecule has 2 fully saturated rings. The van der Waals surface area contributed by atoms with E-state index in [0.717, 1.165) is 18.6 Å². The van der Waals surface area contributed by atoms with Gasteiger partial charge in [0.25, 0.3) is 0 Å². The average molecular weight is 446 g/mol. The number of hydrogen-bond donors (Lipinski definition) is 2. The Kier molecular flexibility index (Phi) is 6.72. The number of likely N-dealkylation sites (tertiary alicyclic amines) is 1. The third kappa shape index (κ3) is 4.47. The van der Waals surface area contributed by atoms with Crippen LogP contribution in [0, 0.1) is 35.3 Å². The van der Waals surface area contributed by atoms with Crippen molar-refractivity contribution in [3.63, 3.8) is 0 Å². The van der Waals surface area contributed by atoms with E-state index in [1.807, 2.05) is 6.92 Å². The summed E-state index contributed by atoms with van der Waals surface area (Å²) in [6, 6.07) is 3.40. The number of fused-ring (bicyclic) bond motifs is 5. The monoisotopic (exact) mass is 446 g/mol. The number of imide groups is 1. The summed E-state index contributed by atoms with van der Waals surface area (Å²) in [6.45, 7) is 4.09. The summed E-state index contributed by atoms with van der Waals surface area (Å²) in [5.74, 6) is -0.954. The topological polar surface area (TPSA) is 83.0 Å². The van der Waals surface area contributed by atoms with Gasteiger partial charge in [0.1, 0.15) is 12.4 Å². The van der Waals surface area contributed by atoms with Gasteiger partial charge in [-0.1, -0.05) is 12.2 Å². The van der Waals surface area contributed by atoms with Crippen molar-refractivity contribution < 1.29 is 23.1 Å². The van der Waals surface area contributed by atoms with Crippen LogP contribution in [0.5, 0.6) is 5.75 Å². The number of aliphatic imine (C=N–C) groups is 1. The van der Waals surface area contributed by atoms with Crippen LogP contribution in [0.1, 0.15) is 19.8 Å². The summed E-state index contributed by atoms with van der Waals surface area (Å²) in [5, 5.41) is 6.22. The second kappa shape index (κ2) is 9.67. The van der Waals surface area contributed by atoms with Crippen LogP contribution >= 0.6 is 0 Å². The molecule has 2 bridgehead atoms. The number of nitrogens with zero attached hydrogens (tertiary/aromatic N) is 2. The zero-order valence-electron chi connectivity index (χ0n) is 18.0. The zero-order valence-corrected chi connectivity index (χ0v) is 18.0. The van der Waals surface area contributed by atoms with Crippen molar-refractivity contribution in [3.8, 4) is 5.75 Å². The van der Waals surface area contributed by atoms with Gasteiger partial charge in [0.2, 0.25) is 11.8 Å². The number of benzene rings is 1. The first-order chi connectivity index (χ1) is 15.5. The van der Waals surface area contributed by atoms with Crippen LogP contribution < -0.4 is 15.4 Å². The molecule has 4 rings (SSSR count). The Bertz CT molecular complexity index is 906. The highest BCUT2D eigenvalue weighted by Gasteiger charge is 2.58. The Labute approximate surface area is 185 Å². The summed E-state index contributed by atoms with van der Waals surface area (Å²) in [7, 11) is 0. The second-order valence-electron chi connectivity index (χ2n) is 8.29. The Hall–Kier alpha value is -2.97. The van der Waals surface area contributed by atoms with Crippen LogP contribution in [0.15, 0.2) is 35.3 Å². The molecule has 4 unspecified atom stereocenters. The molecule has 2 amide bonds. The van der Waals surface area contributed by atoms with Gasteiger partial charge in [-0.15, -0.1) is 0 Å². The van der Waals surface area contributed by atoms with Gasteiger partial charge in [-0.25, -0.2) is 8.78 Å². The lowest BCUT2D eigenvalue weighted by atomic mass is 9.85. The predicted octanol–water partition coefficient (Wildman–Crippen LogP) is 2.10. The van der Waals surface area contributed by atoms with Gasteiger partial charge in [-0.05, 0) is 43.7 Å². The molecule has 1 aromatic carbocycles. The standard InChI is InChI=1S/C23H28F2N4O3/c1-2-26-23(28-9-11-32-16-6-7-17(24)18(25)13-16)27-8-3-10-29-21(30)19-14-4-5-15(12-14)20(19)22(29)31/h4-7,13-15,19-20H,2-3,8-12H2,1H3,(H2,26,27,28). The van der Waals surface area contributed by atoms with Gasteiger partial charge in [0, 0.05) is 25.7 Å². The number of carbonyl (C=O) groups excluding carboxylic acids is 2. The first kappa shape index (κ1) is 22.2. The average Bonchev–Trinajstić information content (AvgIpc) is 3.46. The van der Waals surface area contributed by atoms with Gasteiger partial charge in [-0.2, -0.15) is 0 Å². The molecular formula is C23H28F2N4O3. The van der Waals surface area contributed by atoms with E-state index in [1.165, 1.54) is 11.0 Å². The van der Waals surface area contributed by atoms with Crippen molar-refractivity contribution in [2.24, 2.45) is 28.7 Å². The molecule has 1 saturated heterocycles. The third-order valence-corrected chi connectivity index (χ3v) is 6.27. The highest BCUT2D eigenvalue weighted by Crippen LogP contribution is 2.52. The predicted molar refractivity (Wildman–Crippen MR) is 115 cm³/mol. The van der Waals surface area contributed by atoms with Crippen LogP contribution in [0.2, 0.25) is 0 Å². The Morgan fingerprint density at radius 2 is 1.84 bits per heavy atom. The van der Waals surface area contributed by atoms with Gasteiger partial charge in [-0.3, -0.25) is 19.5 Å². The summed E-state index contributed by atoms with van der Waals surface area (Å²) >= 11 is 0. The number of guanidine groups is 1. The van der Waals surface area contributed by atoms with Crippen LogP contribution in [0.25, 0.3) is 0 Å². The normalized spacial score (nSPS) is 26.1. The number of nitrogens with one attached hydrogen (secondary N) is 2. The van der Waals surface area contributed by atoms with Gasteiger partial charge in [0.15, 0.2) is 17.6 Å². The number of carbonyl (C=O) groups is 2. The lowest BCUT2D eigenvalue weighted by molar-refractivity contribution is -0.140. The van der Waals surface area contributed by atoms with Crippen molar-refractivity contribution in [3.05, 3.63) is 42.0 Å². The highest BCUT2D eigenvalue weighted by atomic mass is 19.2. The second-order valence-corrected chi connectivity index (χ2v) is 8.29. The molecule has 1 aliphatic heterocycles. The molecule has 4 atom stereocenters. The third-order valence-electron chi connectivity index (χ3n) is 6.27. The number of allylic oxidation sites excluding steroid dienone is 2. The fraction of sp³-hybridized carbons (Fsp3) is 0.522. The van der Waals surface area contributed by atoms with Gasteiger partial charge >= 0.3 is 0 Å². The van der Waals surface area contributed by atoms with E-state index in [0.29, 0.717) is 38.6 Å². The van der Waals surface area contributed by atoms with E-state index in [-0.39, 0.29) is 47.8 Å². The molecule has 7 nitrogen and oxygen atoms in total. The lowest BCUT2D eigenvalue weighted by Crippen LogP contribution is -2.39. The van der Waals surface area contributed by atoms with E-state index in [2.05, 4.69) is 27.8 Å². The first-order valence-electron chi connectivity index (χ1n) is 11.1. The minimum atomic E-state index is -0.951. The van der Waals surface area contributed by atoms with Crippen LogP contribution in [-0.2, 0) is 9.59 Å². The van der Waals surface area contributed by atoms with Crippen molar-refractivity contribution in [2.45, 2.75) is 19.8 Å². The molecule has 0 radical (unpaired) electrons. The maximum atomic E-state index is 13.2. The zero-order chi connectivity index (χ0) is 22.7. The molecule has 0 aromatic heterocycles. The summed E-state index contributed by atoms with van der Waals surface area (Å²) in [6.07, 6.45) is 5.70. The molecule has 32 heavy (non-hydrogen) atoms. The van der Waals surface area contributed by atoms with Crippen molar-refractivity contribution >= 4 is 17.8 Å². The number of halogens is 2. The molecule has 2 N–H and O–H groups in total. The maximum Gasteiger partial charge on any atom is 0.233 e. The smallest absolute Gasteiger partial charge is 0.233 e. The minimum Gasteiger partial charge on any atom is -0.492 e. The quantitative estimate of drug-likeness (QED) is 0.200. The summed E-state index contributed by atoms with van der Waals surface area (Å²) in [5.41, 5.74) is 0. The fourth-order valence-electron chi connectivity index (χ4n) is 4.85. The number of amides is 2. The maximum absolute atomic E-state index is 13.2. The van der Waals surface area contributed by atoms with E-state index < -0.39 is 11.6 Å². The Morgan fingerprint density at radius 3 is 2.50 bits per heavy atom. The van der Waals surface area contributed by atoms with Crippen LogP contribution in [0.4, 0.5) is 8.78 Å². The molecule has 172 valence electrons. The molecule has 1 aromatic rings. The molecule has 0 spiro atoms. The number of rotatable bonds is 9. The highest BCUT2D eigenvalue weighted by molar-refractivity contribution is 6.06.